The number of hydrogen-bond donors (Lipinski definition) is 0. The van der Waals surface area contributed by atoms with Crippen molar-refractivity contribution in [2.24, 2.45) is 0 Å². The third kappa shape index (κ3) is 10.3. The molecule has 0 aliphatic rings. The summed E-state index contributed by atoms with van der Waals surface area (Å²) in [7, 11) is 0. The summed E-state index contributed by atoms with van der Waals surface area (Å²) in [6.07, 6.45) is 16.3. The smallest absolute Gasteiger partial charge is 0.311 e. The molecule has 0 aliphatic carbocycles. The maximum atomic E-state index is 12.5. The van der Waals surface area contributed by atoms with E-state index in [2.05, 4.69) is 13.8 Å². The Morgan fingerprint density at radius 1 is 0.583 bits per heavy atom. The SMILES string of the molecule is CCCCCCCCCC(=O)Oc1c(Cl)c(Cl)c(OC(=O)CCCCCCCCC)c2ccccc12. The van der Waals surface area contributed by atoms with Gasteiger partial charge in [-0.05, 0) is 12.8 Å². The van der Waals surface area contributed by atoms with Crippen molar-refractivity contribution in [1.29, 1.82) is 0 Å². The van der Waals surface area contributed by atoms with E-state index in [1.807, 2.05) is 12.1 Å². The fraction of sp³-hybridized carbons (Fsp3) is 0.600. The Labute approximate surface area is 227 Å². The van der Waals surface area contributed by atoms with E-state index in [1.165, 1.54) is 51.4 Å². The van der Waals surface area contributed by atoms with Gasteiger partial charge in [0, 0.05) is 23.6 Å². The van der Waals surface area contributed by atoms with E-state index in [-0.39, 0.29) is 33.5 Å². The van der Waals surface area contributed by atoms with Crippen molar-refractivity contribution in [3.63, 3.8) is 0 Å². The highest BCUT2D eigenvalue weighted by molar-refractivity contribution is 6.45. The number of benzene rings is 2. The van der Waals surface area contributed by atoms with E-state index in [1.54, 1.807) is 12.1 Å². The number of unbranched alkanes of at least 4 members (excludes halogenated alkanes) is 12. The van der Waals surface area contributed by atoms with Crippen molar-refractivity contribution in [2.45, 2.75) is 117 Å². The Morgan fingerprint density at radius 2 is 0.917 bits per heavy atom. The van der Waals surface area contributed by atoms with Crippen LogP contribution in [0.2, 0.25) is 10.0 Å². The van der Waals surface area contributed by atoms with Gasteiger partial charge in [-0.2, -0.15) is 0 Å². The largest absolute Gasteiger partial charge is 0.424 e. The first-order valence-electron chi connectivity index (χ1n) is 13.8. The zero-order valence-corrected chi connectivity index (χ0v) is 23.5. The number of halogens is 2. The molecular formula is C30H42Cl2O4. The van der Waals surface area contributed by atoms with Gasteiger partial charge < -0.3 is 9.47 Å². The van der Waals surface area contributed by atoms with E-state index in [4.69, 9.17) is 32.7 Å². The molecule has 0 heterocycles. The molecule has 4 nitrogen and oxygen atoms in total. The predicted molar refractivity (Wildman–Crippen MR) is 150 cm³/mol. The van der Waals surface area contributed by atoms with Crippen molar-refractivity contribution in [1.82, 2.24) is 0 Å². The summed E-state index contributed by atoms with van der Waals surface area (Å²) >= 11 is 13.0. The van der Waals surface area contributed by atoms with Crippen LogP contribution in [0.3, 0.4) is 0 Å². The zero-order chi connectivity index (χ0) is 26.2. The normalized spacial score (nSPS) is 11.1. The lowest BCUT2D eigenvalue weighted by Crippen LogP contribution is -2.11. The quantitative estimate of drug-likeness (QED) is 0.108. The van der Waals surface area contributed by atoms with Gasteiger partial charge in [0.1, 0.15) is 10.0 Å². The fourth-order valence-electron chi connectivity index (χ4n) is 4.30. The average Bonchev–Trinajstić information content (AvgIpc) is 2.88. The minimum atomic E-state index is -0.338. The Bertz CT molecular complexity index is 881. The topological polar surface area (TPSA) is 52.6 Å². The average molecular weight is 538 g/mol. The number of carbonyl (C=O) groups excluding carboxylic acids is 2. The van der Waals surface area contributed by atoms with Crippen LogP contribution in [0.4, 0.5) is 0 Å². The summed E-state index contributed by atoms with van der Waals surface area (Å²) in [5.41, 5.74) is 0. The van der Waals surface area contributed by atoms with Gasteiger partial charge >= 0.3 is 11.9 Å². The highest BCUT2D eigenvalue weighted by Crippen LogP contribution is 2.47. The molecule has 0 atom stereocenters. The van der Waals surface area contributed by atoms with Crippen LogP contribution in [-0.4, -0.2) is 11.9 Å². The van der Waals surface area contributed by atoms with Gasteiger partial charge in [0.05, 0.1) is 0 Å². The Kier molecular flexibility index (Phi) is 14.9. The molecule has 36 heavy (non-hydrogen) atoms. The van der Waals surface area contributed by atoms with Crippen LogP contribution < -0.4 is 9.47 Å². The number of carbonyl (C=O) groups is 2. The van der Waals surface area contributed by atoms with Gasteiger partial charge in [0.25, 0.3) is 0 Å². The summed E-state index contributed by atoms with van der Waals surface area (Å²) in [4.78, 5) is 25.1. The second-order valence-corrected chi connectivity index (χ2v) is 10.3. The van der Waals surface area contributed by atoms with Crippen LogP contribution in [0.25, 0.3) is 10.8 Å². The Morgan fingerprint density at radius 3 is 1.28 bits per heavy atom. The molecule has 2 aromatic carbocycles. The molecular weight excluding hydrogens is 495 g/mol. The first kappa shape index (κ1) is 30.4. The lowest BCUT2D eigenvalue weighted by atomic mass is 10.1. The van der Waals surface area contributed by atoms with Crippen LogP contribution >= 0.6 is 23.2 Å². The molecule has 0 N–H and O–H groups in total. The van der Waals surface area contributed by atoms with E-state index in [9.17, 15) is 9.59 Å². The Balaban J connectivity index is 1.98. The van der Waals surface area contributed by atoms with E-state index < -0.39 is 0 Å². The summed E-state index contributed by atoms with van der Waals surface area (Å²) in [5.74, 6) is -0.236. The van der Waals surface area contributed by atoms with Crippen molar-refractivity contribution >= 4 is 45.9 Å². The second-order valence-electron chi connectivity index (χ2n) is 9.52. The molecule has 0 bridgehead atoms. The van der Waals surface area contributed by atoms with Gasteiger partial charge in [-0.25, -0.2) is 0 Å². The molecule has 0 spiro atoms. The Hall–Kier alpha value is -1.78. The molecule has 0 aromatic heterocycles. The van der Waals surface area contributed by atoms with Gasteiger partial charge in [-0.3, -0.25) is 9.59 Å². The van der Waals surface area contributed by atoms with E-state index in [0.717, 1.165) is 38.5 Å². The van der Waals surface area contributed by atoms with Crippen LogP contribution in [0.15, 0.2) is 24.3 Å². The van der Waals surface area contributed by atoms with Crippen LogP contribution in [0, 0.1) is 0 Å². The van der Waals surface area contributed by atoms with Gasteiger partial charge in [-0.1, -0.05) is 138 Å². The summed E-state index contributed by atoms with van der Waals surface area (Å²) in [6.45, 7) is 4.40. The predicted octanol–water partition coefficient (Wildman–Crippen LogP) is 10.2. The zero-order valence-electron chi connectivity index (χ0n) is 22.0. The minimum absolute atomic E-state index is 0.0852. The highest BCUT2D eigenvalue weighted by atomic mass is 35.5. The summed E-state index contributed by atoms with van der Waals surface area (Å²) in [6, 6.07) is 7.23. The maximum Gasteiger partial charge on any atom is 0.311 e. The molecule has 0 saturated carbocycles. The standard InChI is InChI=1S/C30H42Cl2O4/c1-3-5-7-9-11-13-15-21-25(33)35-29-23-19-17-18-20-24(23)30(28(32)27(29)31)36-26(34)22-16-14-12-10-8-6-4-2/h17-20H,3-16,21-22H2,1-2H3. The molecule has 0 aliphatic heterocycles. The number of ether oxygens (including phenoxy) is 2. The molecule has 0 unspecified atom stereocenters. The summed E-state index contributed by atoms with van der Waals surface area (Å²) < 4.78 is 11.3. The lowest BCUT2D eigenvalue weighted by Gasteiger charge is -2.16. The minimum Gasteiger partial charge on any atom is -0.424 e. The number of rotatable bonds is 18. The third-order valence-electron chi connectivity index (χ3n) is 6.41. The highest BCUT2D eigenvalue weighted by Gasteiger charge is 2.23. The summed E-state index contributed by atoms with van der Waals surface area (Å²) in [5, 5.41) is 1.36. The van der Waals surface area contributed by atoms with Crippen molar-refractivity contribution < 1.29 is 19.1 Å². The van der Waals surface area contributed by atoms with E-state index >= 15 is 0 Å². The van der Waals surface area contributed by atoms with Gasteiger partial charge in [-0.15, -0.1) is 0 Å². The molecule has 0 saturated heterocycles. The number of esters is 2. The van der Waals surface area contributed by atoms with Crippen molar-refractivity contribution in [3.8, 4) is 11.5 Å². The molecule has 6 heteroatoms. The molecule has 0 amide bonds. The first-order valence-corrected chi connectivity index (χ1v) is 14.6. The molecule has 200 valence electrons. The molecule has 2 aromatic rings. The molecule has 2 rings (SSSR count). The van der Waals surface area contributed by atoms with Crippen molar-refractivity contribution in [2.75, 3.05) is 0 Å². The van der Waals surface area contributed by atoms with Crippen LogP contribution in [0.1, 0.15) is 117 Å². The monoisotopic (exact) mass is 536 g/mol. The van der Waals surface area contributed by atoms with Crippen molar-refractivity contribution in [3.05, 3.63) is 34.3 Å². The first-order chi connectivity index (χ1) is 17.5. The molecule has 0 fully saturated rings. The fourth-order valence-corrected chi connectivity index (χ4v) is 4.75. The van der Waals surface area contributed by atoms with Gasteiger partial charge in [0.2, 0.25) is 0 Å². The third-order valence-corrected chi connectivity index (χ3v) is 7.23. The maximum absolute atomic E-state index is 12.5. The van der Waals surface area contributed by atoms with Crippen LogP contribution in [0.5, 0.6) is 11.5 Å². The van der Waals surface area contributed by atoms with Gasteiger partial charge in [0.15, 0.2) is 11.5 Å². The molecule has 0 radical (unpaired) electrons. The number of hydrogen-bond acceptors (Lipinski definition) is 4. The van der Waals surface area contributed by atoms with E-state index in [0.29, 0.717) is 23.6 Å². The second kappa shape index (κ2) is 17.6. The van der Waals surface area contributed by atoms with Crippen LogP contribution in [-0.2, 0) is 9.59 Å². The number of fused-ring (bicyclic) bond motifs is 1. The lowest BCUT2D eigenvalue weighted by molar-refractivity contribution is -0.135.